The van der Waals surface area contributed by atoms with Crippen LogP contribution in [0.2, 0.25) is 0 Å². The fourth-order valence-electron chi connectivity index (χ4n) is 1.52. The Morgan fingerprint density at radius 1 is 1.43 bits per heavy atom. The summed E-state index contributed by atoms with van der Waals surface area (Å²) in [5.74, 6) is -0.821. The lowest BCUT2D eigenvalue weighted by Gasteiger charge is -2.22. The van der Waals surface area contributed by atoms with E-state index >= 15 is 0 Å². The number of carboxylic acid groups (broad SMARTS) is 1. The normalized spacial score (nSPS) is 10.8. The zero-order valence-electron chi connectivity index (χ0n) is 10.5. The molecule has 1 heterocycles. The fourth-order valence-corrected chi connectivity index (χ4v) is 1.52. The number of anilines is 1. The number of aromatic nitrogens is 1. The van der Waals surface area contributed by atoms with Crippen LogP contribution in [0, 0.1) is 12.3 Å². The number of aliphatic carboxylic acids is 1. The monoisotopic (exact) mass is 301 g/mol. The molecule has 0 spiro atoms. The molecular weight excluding hydrogens is 291 g/mol. The Labute approximate surface area is 117 Å². The second kappa shape index (κ2) is 6.13. The standard InChI is InChI=1S/C12H10F3N3O3/c1-2-5-18(6-9(19)20)11-7(10(16)21)3-4-8(17-11)12(13,14)15/h1,3-4H,5-6H2,(H2,16,21)(H,19,20). The number of terminal acetylenes is 1. The largest absolute Gasteiger partial charge is 0.480 e. The predicted octanol–water partition coefficient (Wildman–Crippen LogP) is 0.724. The smallest absolute Gasteiger partial charge is 0.433 e. The zero-order chi connectivity index (χ0) is 16.2. The SMILES string of the molecule is C#CCN(CC(=O)O)c1nc(C(F)(F)F)ccc1C(N)=O. The van der Waals surface area contributed by atoms with Gasteiger partial charge in [-0.3, -0.25) is 9.59 Å². The van der Waals surface area contributed by atoms with Crippen molar-refractivity contribution < 1.29 is 27.9 Å². The number of amides is 1. The Morgan fingerprint density at radius 2 is 2.05 bits per heavy atom. The minimum Gasteiger partial charge on any atom is -0.480 e. The first kappa shape index (κ1) is 16.3. The Kier molecular flexibility index (Phi) is 4.75. The second-order valence-electron chi connectivity index (χ2n) is 3.88. The molecule has 21 heavy (non-hydrogen) atoms. The highest BCUT2D eigenvalue weighted by Gasteiger charge is 2.34. The molecule has 1 aromatic heterocycles. The van der Waals surface area contributed by atoms with E-state index in [-0.39, 0.29) is 12.1 Å². The number of rotatable bonds is 5. The lowest BCUT2D eigenvalue weighted by molar-refractivity contribution is -0.141. The zero-order valence-corrected chi connectivity index (χ0v) is 10.5. The van der Waals surface area contributed by atoms with Gasteiger partial charge in [-0.1, -0.05) is 5.92 Å². The first-order valence-electron chi connectivity index (χ1n) is 5.45. The minimum absolute atomic E-state index is 0.346. The van der Waals surface area contributed by atoms with Crippen LogP contribution in [0.25, 0.3) is 0 Å². The minimum atomic E-state index is -4.75. The molecule has 9 heteroatoms. The van der Waals surface area contributed by atoms with E-state index in [1.165, 1.54) is 0 Å². The van der Waals surface area contributed by atoms with E-state index < -0.39 is 36.1 Å². The predicted molar refractivity (Wildman–Crippen MR) is 66.4 cm³/mol. The van der Waals surface area contributed by atoms with E-state index in [1.807, 2.05) is 0 Å². The van der Waals surface area contributed by atoms with E-state index in [4.69, 9.17) is 17.3 Å². The van der Waals surface area contributed by atoms with Crippen molar-refractivity contribution in [1.29, 1.82) is 0 Å². The van der Waals surface area contributed by atoms with Gasteiger partial charge in [0.1, 0.15) is 18.1 Å². The summed E-state index contributed by atoms with van der Waals surface area (Å²) >= 11 is 0. The third-order valence-electron chi connectivity index (χ3n) is 2.34. The molecule has 1 rings (SSSR count). The molecule has 0 unspecified atom stereocenters. The summed E-state index contributed by atoms with van der Waals surface area (Å²) < 4.78 is 38.0. The highest BCUT2D eigenvalue weighted by Crippen LogP contribution is 2.30. The summed E-state index contributed by atoms with van der Waals surface area (Å²) in [6.45, 7) is -1.07. The first-order chi connectivity index (χ1) is 9.66. The number of hydrogen-bond donors (Lipinski definition) is 2. The van der Waals surface area contributed by atoms with Gasteiger partial charge in [-0.05, 0) is 12.1 Å². The van der Waals surface area contributed by atoms with Crippen LogP contribution >= 0.6 is 0 Å². The molecule has 0 atom stereocenters. The molecule has 0 fully saturated rings. The van der Waals surface area contributed by atoms with Gasteiger partial charge in [0.05, 0.1) is 12.1 Å². The van der Waals surface area contributed by atoms with Gasteiger partial charge in [0.25, 0.3) is 5.91 Å². The van der Waals surface area contributed by atoms with Crippen molar-refractivity contribution >= 4 is 17.7 Å². The molecule has 0 aliphatic carbocycles. The van der Waals surface area contributed by atoms with Gasteiger partial charge in [0.15, 0.2) is 0 Å². The van der Waals surface area contributed by atoms with Crippen molar-refractivity contribution in [2.75, 3.05) is 18.0 Å². The Hall–Kier alpha value is -2.76. The number of pyridine rings is 1. The summed E-state index contributed by atoms with van der Waals surface area (Å²) in [6, 6.07) is 1.41. The van der Waals surface area contributed by atoms with Gasteiger partial charge >= 0.3 is 12.1 Å². The van der Waals surface area contributed by atoms with Crippen LogP contribution in [-0.2, 0) is 11.0 Å². The molecule has 1 amide bonds. The number of carboxylic acids is 1. The molecule has 6 nitrogen and oxygen atoms in total. The van der Waals surface area contributed by atoms with Crippen LogP contribution in [-0.4, -0.2) is 35.1 Å². The van der Waals surface area contributed by atoms with Gasteiger partial charge in [-0.15, -0.1) is 6.42 Å². The number of halogens is 3. The summed E-state index contributed by atoms with van der Waals surface area (Å²) in [4.78, 5) is 26.1. The van der Waals surface area contributed by atoms with E-state index in [0.717, 1.165) is 11.0 Å². The molecule has 0 aliphatic heterocycles. The van der Waals surface area contributed by atoms with E-state index in [2.05, 4.69) is 10.9 Å². The van der Waals surface area contributed by atoms with Crippen LogP contribution in [0.15, 0.2) is 12.1 Å². The number of hydrogen-bond acceptors (Lipinski definition) is 4. The van der Waals surface area contributed by atoms with Gasteiger partial charge < -0.3 is 15.7 Å². The number of alkyl halides is 3. The number of primary amides is 1. The van der Waals surface area contributed by atoms with E-state index in [0.29, 0.717) is 6.07 Å². The molecule has 3 N–H and O–H groups in total. The topological polar surface area (TPSA) is 96.5 Å². The Bertz CT molecular complexity index is 608. The van der Waals surface area contributed by atoms with Crippen molar-refractivity contribution in [2.45, 2.75) is 6.18 Å². The van der Waals surface area contributed by atoms with Gasteiger partial charge in [0.2, 0.25) is 0 Å². The fraction of sp³-hybridized carbons (Fsp3) is 0.250. The maximum absolute atomic E-state index is 12.7. The highest BCUT2D eigenvalue weighted by atomic mass is 19.4. The van der Waals surface area contributed by atoms with Crippen LogP contribution in [0.5, 0.6) is 0 Å². The highest BCUT2D eigenvalue weighted by molar-refractivity contribution is 5.98. The van der Waals surface area contributed by atoms with Crippen LogP contribution in [0.3, 0.4) is 0 Å². The van der Waals surface area contributed by atoms with Crippen molar-refractivity contribution in [3.05, 3.63) is 23.4 Å². The summed E-state index contributed by atoms with van der Waals surface area (Å²) in [6.07, 6.45) is 0.288. The molecule has 0 saturated carbocycles. The lowest BCUT2D eigenvalue weighted by Crippen LogP contribution is -2.33. The van der Waals surface area contributed by atoms with Gasteiger partial charge in [-0.25, -0.2) is 4.98 Å². The Morgan fingerprint density at radius 3 is 2.48 bits per heavy atom. The third-order valence-corrected chi connectivity index (χ3v) is 2.34. The van der Waals surface area contributed by atoms with Crippen molar-refractivity contribution in [3.8, 4) is 12.3 Å². The maximum Gasteiger partial charge on any atom is 0.433 e. The molecule has 0 radical (unpaired) electrons. The third kappa shape index (κ3) is 4.10. The molecule has 0 bridgehead atoms. The van der Waals surface area contributed by atoms with Gasteiger partial charge in [-0.2, -0.15) is 13.2 Å². The number of nitrogens with zero attached hydrogens (tertiary/aromatic N) is 2. The van der Waals surface area contributed by atoms with Crippen LogP contribution in [0.4, 0.5) is 19.0 Å². The number of carbonyl (C=O) groups is 2. The number of carbonyl (C=O) groups excluding carboxylic acids is 1. The average molecular weight is 301 g/mol. The van der Waals surface area contributed by atoms with Crippen molar-refractivity contribution in [3.63, 3.8) is 0 Å². The van der Waals surface area contributed by atoms with Crippen molar-refractivity contribution in [2.24, 2.45) is 5.73 Å². The van der Waals surface area contributed by atoms with E-state index in [1.54, 1.807) is 0 Å². The average Bonchev–Trinajstić information content (AvgIpc) is 2.35. The molecule has 112 valence electrons. The lowest BCUT2D eigenvalue weighted by atomic mass is 10.2. The molecule has 0 aliphatic rings. The molecular formula is C12H10F3N3O3. The quantitative estimate of drug-likeness (QED) is 0.781. The van der Waals surface area contributed by atoms with Crippen molar-refractivity contribution in [1.82, 2.24) is 4.98 Å². The van der Waals surface area contributed by atoms with Crippen LogP contribution < -0.4 is 10.6 Å². The van der Waals surface area contributed by atoms with E-state index in [9.17, 15) is 22.8 Å². The maximum atomic E-state index is 12.7. The Balaban J connectivity index is 3.42. The summed E-state index contributed by atoms with van der Waals surface area (Å²) in [5.41, 5.74) is 3.42. The molecule has 0 aromatic carbocycles. The molecule has 0 saturated heterocycles. The van der Waals surface area contributed by atoms with Crippen LogP contribution in [0.1, 0.15) is 16.1 Å². The molecule has 1 aromatic rings. The summed E-state index contributed by atoms with van der Waals surface area (Å²) in [5, 5.41) is 8.75. The number of nitrogens with two attached hydrogens (primary N) is 1. The second-order valence-corrected chi connectivity index (χ2v) is 3.88. The summed E-state index contributed by atoms with van der Waals surface area (Å²) in [7, 11) is 0. The first-order valence-corrected chi connectivity index (χ1v) is 5.45. The van der Waals surface area contributed by atoms with Gasteiger partial charge in [0, 0.05) is 0 Å².